The zero-order valence-electron chi connectivity index (χ0n) is 13.1. The molecule has 0 aromatic heterocycles. The van der Waals surface area contributed by atoms with E-state index in [9.17, 15) is 0 Å². The monoisotopic (exact) mass is 297 g/mol. The molecule has 0 radical (unpaired) electrons. The Hall–Kier alpha value is -1.22. The van der Waals surface area contributed by atoms with Crippen LogP contribution in [0.5, 0.6) is 11.5 Å². The topological polar surface area (TPSA) is 30.8 Å². The maximum absolute atomic E-state index is 5.40. The highest BCUT2D eigenvalue weighted by Gasteiger charge is 2.29. The van der Waals surface area contributed by atoms with E-state index in [4.69, 9.17) is 14.5 Å². The molecule has 0 N–H and O–H groups in total. The summed E-state index contributed by atoms with van der Waals surface area (Å²) in [5.41, 5.74) is 3.60. The molecule has 1 aromatic rings. The highest BCUT2D eigenvalue weighted by molar-refractivity contribution is 6.04. The number of benzene rings is 1. The number of methoxy groups -OCH3 is 2. The minimum absolute atomic E-state index is 0. The first-order valence-corrected chi connectivity index (χ1v) is 6.73. The lowest BCUT2D eigenvalue weighted by Gasteiger charge is -2.31. The van der Waals surface area contributed by atoms with Crippen LogP contribution in [0.3, 0.4) is 0 Å². The number of fused-ring (bicyclic) bond motifs is 1. The largest absolute Gasteiger partial charge is 0.493 e. The Labute approximate surface area is 127 Å². The second-order valence-electron chi connectivity index (χ2n) is 6.01. The molecule has 0 aliphatic carbocycles. The first-order valence-electron chi connectivity index (χ1n) is 6.73. The van der Waals surface area contributed by atoms with Crippen molar-refractivity contribution in [3.63, 3.8) is 0 Å². The van der Waals surface area contributed by atoms with E-state index >= 15 is 0 Å². The summed E-state index contributed by atoms with van der Waals surface area (Å²) in [6, 6.07) is 4.15. The molecule has 0 unspecified atom stereocenters. The third-order valence-electron chi connectivity index (χ3n) is 3.48. The van der Waals surface area contributed by atoms with Gasteiger partial charge in [-0.2, -0.15) is 0 Å². The molecule has 0 saturated carbocycles. The molecule has 1 aliphatic rings. The summed E-state index contributed by atoms with van der Waals surface area (Å²) in [4.78, 5) is 4.91. The fraction of sp³-hybridized carbons (Fsp3) is 0.562. The predicted molar refractivity (Wildman–Crippen MR) is 86.0 cm³/mol. The van der Waals surface area contributed by atoms with E-state index in [1.165, 1.54) is 11.1 Å². The van der Waals surface area contributed by atoms with E-state index in [1.807, 2.05) is 0 Å². The van der Waals surface area contributed by atoms with Crippen molar-refractivity contribution in [1.29, 1.82) is 0 Å². The molecule has 0 saturated heterocycles. The van der Waals surface area contributed by atoms with E-state index in [1.54, 1.807) is 14.2 Å². The van der Waals surface area contributed by atoms with E-state index in [-0.39, 0.29) is 17.9 Å². The molecule has 112 valence electrons. The summed E-state index contributed by atoms with van der Waals surface area (Å²) >= 11 is 0. The third-order valence-corrected chi connectivity index (χ3v) is 3.48. The van der Waals surface area contributed by atoms with Crippen LogP contribution in [0.2, 0.25) is 0 Å². The van der Waals surface area contributed by atoms with Crippen LogP contribution < -0.4 is 9.47 Å². The minimum Gasteiger partial charge on any atom is -0.493 e. The van der Waals surface area contributed by atoms with Gasteiger partial charge in [-0.25, -0.2) is 0 Å². The standard InChI is InChI=1S/C16H23NO2.ClH/c1-10(2)15-12-8-14(19-6)13(18-5)7-11(12)9-16(3,4)17-15;/h7-8,10H,9H2,1-6H3;1H. The fourth-order valence-electron chi connectivity index (χ4n) is 2.64. The van der Waals surface area contributed by atoms with Crippen molar-refractivity contribution in [1.82, 2.24) is 0 Å². The van der Waals surface area contributed by atoms with E-state index in [2.05, 4.69) is 39.8 Å². The molecule has 0 spiro atoms. The van der Waals surface area contributed by atoms with E-state index < -0.39 is 0 Å². The van der Waals surface area contributed by atoms with Gasteiger partial charge in [0, 0.05) is 11.3 Å². The van der Waals surface area contributed by atoms with Crippen LogP contribution in [0.15, 0.2) is 17.1 Å². The van der Waals surface area contributed by atoms with Crippen LogP contribution in [0.25, 0.3) is 0 Å². The fourth-order valence-corrected chi connectivity index (χ4v) is 2.64. The molecule has 1 aromatic carbocycles. The van der Waals surface area contributed by atoms with Gasteiger partial charge in [-0.05, 0) is 43.9 Å². The van der Waals surface area contributed by atoms with Gasteiger partial charge in [-0.3, -0.25) is 4.99 Å². The lowest BCUT2D eigenvalue weighted by atomic mass is 9.83. The van der Waals surface area contributed by atoms with Crippen LogP contribution >= 0.6 is 12.4 Å². The van der Waals surface area contributed by atoms with Crippen LogP contribution in [0, 0.1) is 5.92 Å². The maximum Gasteiger partial charge on any atom is 0.161 e. The van der Waals surface area contributed by atoms with Gasteiger partial charge in [-0.15, -0.1) is 12.4 Å². The molecule has 1 heterocycles. The van der Waals surface area contributed by atoms with Crippen LogP contribution in [0.4, 0.5) is 0 Å². The van der Waals surface area contributed by atoms with Crippen molar-refractivity contribution in [3.8, 4) is 11.5 Å². The van der Waals surface area contributed by atoms with Gasteiger partial charge in [0.1, 0.15) is 0 Å². The molecule has 3 nitrogen and oxygen atoms in total. The second kappa shape index (κ2) is 6.04. The van der Waals surface area contributed by atoms with Crippen LogP contribution in [-0.2, 0) is 6.42 Å². The molecule has 2 rings (SSSR count). The van der Waals surface area contributed by atoms with Crippen molar-refractivity contribution in [2.24, 2.45) is 10.9 Å². The molecule has 1 aliphatic heterocycles. The molecule has 20 heavy (non-hydrogen) atoms. The molecule has 0 bridgehead atoms. The Kier molecular flexibility index (Phi) is 5.09. The average Bonchev–Trinajstić information content (AvgIpc) is 2.35. The summed E-state index contributed by atoms with van der Waals surface area (Å²) in [5, 5.41) is 0. The average molecular weight is 298 g/mol. The Morgan fingerprint density at radius 3 is 2.15 bits per heavy atom. The SMILES string of the molecule is COc1cc2c(cc1OC)C(C(C)C)=NC(C)(C)C2.Cl. The number of hydrogen-bond acceptors (Lipinski definition) is 3. The molecule has 4 heteroatoms. The smallest absolute Gasteiger partial charge is 0.161 e. The first kappa shape index (κ1) is 16.8. The molecular weight excluding hydrogens is 274 g/mol. The van der Waals surface area contributed by atoms with Gasteiger partial charge in [0.2, 0.25) is 0 Å². The number of rotatable bonds is 3. The van der Waals surface area contributed by atoms with Gasteiger partial charge < -0.3 is 9.47 Å². The lowest BCUT2D eigenvalue weighted by Crippen LogP contribution is -2.31. The number of halogens is 1. The summed E-state index contributed by atoms with van der Waals surface area (Å²) < 4.78 is 10.8. The zero-order valence-corrected chi connectivity index (χ0v) is 13.9. The molecule has 0 amide bonds. The molecule has 0 atom stereocenters. The van der Waals surface area contributed by atoms with Crippen LogP contribution in [0.1, 0.15) is 38.8 Å². The van der Waals surface area contributed by atoms with E-state index in [0.29, 0.717) is 5.92 Å². The maximum atomic E-state index is 5.40. The normalized spacial score (nSPS) is 16.1. The summed E-state index contributed by atoms with van der Waals surface area (Å²) in [5.74, 6) is 1.97. The zero-order chi connectivity index (χ0) is 14.2. The number of ether oxygens (including phenoxy) is 2. The Morgan fingerprint density at radius 1 is 1.10 bits per heavy atom. The van der Waals surface area contributed by atoms with Gasteiger partial charge in [0.25, 0.3) is 0 Å². The highest BCUT2D eigenvalue weighted by Crippen LogP contribution is 2.37. The molecule has 0 fully saturated rings. The number of hydrogen-bond donors (Lipinski definition) is 0. The van der Waals surface area contributed by atoms with Crippen LogP contribution in [-0.4, -0.2) is 25.5 Å². The summed E-state index contributed by atoms with van der Waals surface area (Å²) in [7, 11) is 3.35. The minimum atomic E-state index is -0.0494. The lowest BCUT2D eigenvalue weighted by molar-refractivity contribution is 0.353. The van der Waals surface area contributed by atoms with Gasteiger partial charge in [0.05, 0.1) is 19.8 Å². The van der Waals surface area contributed by atoms with Gasteiger partial charge in [-0.1, -0.05) is 13.8 Å². The Morgan fingerprint density at radius 2 is 1.65 bits per heavy atom. The first-order chi connectivity index (χ1) is 8.88. The Bertz CT molecular complexity index is 521. The quantitative estimate of drug-likeness (QED) is 0.847. The van der Waals surface area contributed by atoms with Crippen molar-refractivity contribution < 1.29 is 9.47 Å². The molecular formula is C16H24ClNO2. The number of aliphatic imine (C=N–C) groups is 1. The number of nitrogens with zero attached hydrogens (tertiary/aromatic N) is 1. The Balaban J connectivity index is 0.00000200. The third kappa shape index (κ3) is 3.09. The van der Waals surface area contributed by atoms with Crippen molar-refractivity contribution in [3.05, 3.63) is 23.3 Å². The predicted octanol–water partition coefficient (Wildman–Crippen LogP) is 3.91. The second-order valence-corrected chi connectivity index (χ2v) is 6.01. The van der Waals surface area contributed by atoms with Gasteiger partial charge >= 0.3 is 0 Å². The van der Waals surface area contributed by atoms with E-state index in [0.717, 1.165) is 23.6 Å². The summed E-state index contributed by atoms with van der Waals surface area (Å²) in [6.07, 6.45) is 0.929. The van der Waals surface area contributed by atoms with Crippen molar-refractivity contribution in [2.45, 2.75) is 39.7 Å². The highest BCUT2D eigenvalue weighted by atomic mass is 35.5. The van der Waals surface area contributed by atoms with Crippen molar-refractivity contribution in [2.75, 3.05) is 14.2 Å². The summed E-state index contributed by atoms with van der Waals surface area (Å²) in [6.45, 7) is 8.71. The van der Waals surface area contributed by atoms with Crippen molar-refractivity contribution >= 4 is 18.1 Å². The van der Waals surface area contributed by atoms with Gasteiger partial charge in [0.15, 0.2) is 11.5 Å².